The predicted molar refractivity (Wildman–Crippen MR) is 74.8 cm³/mol. The number of H-pyrrole nitrogens is 1. The van der Waals surface area contributed by atoms with Crippen LogP contribution in [0.1, 0.15) is 36.7 Å². The molecule has 7 heteroatoms. The number of nitrogens with zero attached hydrogens (tertiary/aromatic N) is 2. The van der Waals surface area contributed by atoms with Gasteiger partial charge < -0.3 is 10.3 Å². The number of anilines is 1. The third-order valence-electron chi connectivity index (χ3n) is 3.47. The van der Waals surface area contributed by atoms with Crippen LogP contribution >= 0.6 is 0 Å². The number of fused-ring (bicyclic) bond motifs is 1. The lowest BCUT2D eigenvalue weighted by atomic mass is 10.0. The Labute approximate surface area is 119 Å². The first-order valence-electron chi connectivity index (χ1n) is 6.65. The average molecular weight is 296 g/mol. The first-order valence-corrected chi connectivity index (χ1v) is 6.65. The zero-order chi connectivity index (χ0) is 15.2. The Hall–Kier alpha value is -2.18. The van der Waals surface area contributed by atoms with Gasteiger partial charge in [-0.3, -0.25) is 4.68 Å². The van der Waals surface area contributed by atoms with Gasteiger partial charge in [0.05, 0.1) is 11.3 Å². The molecule has 0 spiro atoms. The first-order chi connectivity index (χ1) is 9.86. The van der Waals surface area contributed by atoms with E-state index in [0.29, 0.717) is 18.1 Å². The second kappa shape index (κ2) is 4.68. The Balaban J connectivity index is 2.01. The number of alkyl halides is 3. The fourth-order valence-electron chi connectivity index (χ4n) is 2.34. The topological polar surface area (TPSA) is 45.6 Å². The number of rotatable bonds is 2. The Kier molecular flexibility index (Phi) is 3.07. The number of hydrogen-bond donors (Lipinski definition) is 2. The summed E-state index contributed by atoms with van der Waals surface area (Å²) in [5.41, 5.74) is 0.913. The molecule has 0 amide bonds. The highest BCUT2D eigenvalue weighted by Gasteiger charge is 2.36. The van der Waals surface area contributed by atoms with Crippen LogP contribution < -0.4 is 5.32 Å². The summed E-state index contributed by atoms with van der Waals surface area (Å²) in [6.07, 6.45) is 0.00212. The van der Waals surface area contributed by atoms with Crippen molar-refractivity contribution >= 4 is 17.5 Å². The molecule has 21 heavy (non-hydrogen) atoms. The normalized spacial score (nSPS) is 14.9. The molecule has 0 saturated heterocycles. The van der Waals surface area contributed by atoms with Crippen molar-refractivity contribution in [1.29, 1.82) is 0 Å². The van der Waals surface area contributed by atoms with Crippen LogP contribution in [0.5, 0.6) is 0 Å². The number of aromatic amines is 1. The Morgan fingerprint density at radius 3 is 2.71 bits per heavy atom. The smallest absolute Gasteiger partial charge is 0.367 e. The van der Waals surface area contributed by atoms with Crippen molar-refractivity contribution in [2.45, 2.75) is 26.1 Å². The second-order valence-corrected chi connectivity index (χ2v) is 5.29. The molecule has 0 fully saturated rings. The van der Waals surface area contributed by atoms with E-state index in [2.05, 4.69) is 15.4 Å². The maximum atomic E-state index is 13.0. The first kappa shape index (κ1) is 13.8. The van der Waals surface area contributed by atoms with Crippen molar-refractivity contribution in [2.24, 2.45) is 0 Å². The van der Waals surface area contributed by atoms with Crippen molar-refractivity contribution in [3.63, 3.8) is 0 Å². The summed E-state index contributed by atoms with van der Waals surface area (Å²) in [5.74, 6) is 0.398. The van der Waals surface area contributed by atoms with Crippen LogP contribution in [0, 0.1) is 0 Å². The number of halogens is 3. The van der Waals surface area contributed by atoms with E-state index >= 15 is 0 Å². The standard InChI is InChI=1S/C14H15F3N4/c1-8(2)21-4-3-12(20-21)9-5-10-11(14(15,16)17)7-19-13(10)18-6-9/h3-5,7-8,18-19H,6H2,1-2H3. The van der Waals surface area contributed by atoms with Crippen LogP contribution in [0.2, 0.25) is 0 Å². The van der Waals surface area contributed by atoms with Crippen LogP contribution in [0.3, 0.4) is 0 Å². The van der Waals surface area contributed by atoms with E-state index in [-0.39, 0.29) is 11.6 Å². The SMILES string of the molecule is CC(C)n1ccc(C2=Cc3c(C(F)(F)F)c[nH]c3NC2)n1. The molecule has 0 atom stereocenters. The van der Waals surface area contributed by atoms with E-state index in [4.69, 9.17) is 0 Å². The fraction of sp³-hybridized carbons (Fsp3) is 0.357. The molecule has 3 heterocycles. The fourth-order valence-corrected chi connectivity index (χ4v) is 2.34. The van der Waals surface area contributed by atoms with E-state index in [0.717, 1.165) is 11.8 Å². The van der Waals surface area contributed by atoms with Crippen LogP contribution in [0.4, 0.5) is 19.0 Å². The monoisotopic (exact) mass is 296 g/mol. The van der Waals surface area contributed by atoms with Gasteiger partial charge in [-0.1, -0.05) is 0 Å². The summed E-state index contributed by atoms with van der Waals surface area (Å²) in [5, 5.41) is 7.37. The van der Waals surface area contributed by atoms with Crippen LogP contribution in [-0.2, 0) is 6.18 Å². The van der Waals surface area contributed by atoms with Gasteiger partial charge in [0.1, 0.15) is 5.82 Å². The lowest BCUT2D eigenvalue weighted by molar-refractivity contribution is -0.137. The summed E-state index contributed by atoms with van der Waals surface area (Å²) in [7, 11) is 0. The Morgan fingerprint density at radius 2 is 2.10 bits per heavy atom. The molecule has 0 aliphatic carbocycles. The third-order valence-corrected chi connectivity index (χ3v) is 3.47. The maximum Gasteiger partial charge on any atom is 0.418 e. The van der Waals surface area contributed by atoms with Gasteiger partial charge in [-0.25, -0.2) is 0 Å². The van der Waals surface area contributed by atoms with Crippen molar-refractivity contribution in [2.75, 3.05) is 11.9 Å². The summed E-state index contributed by atoms with van der Waals surface area (Å²) >= 11 is 0. The van der Waals surface area contributed by atoms with E-state index in [1.54, 1.807) is 10.8 Å². The molecule has 4 nitrogen and oxygen atoms in total. The number of aromatic nitrogens is 3. The van der Waals surface area contributed by atoms with Gasteiger partial charge in [0, 0.05) is 30.5 Å². The van der Waals surface area contributed by atoms with Gasteiger partial charge in [0.2, 0.25) is 0 Å². The minimum atomic E-state index is -4.37. The molecule has 0 radical (unpaired) electrons. The van der Waals surface area contributed by atoms with E-state index in [1.165, 1.54) is 0 Å². The molecule has 2 aromatic rings. The highest BCUT2D eigenvalue weighted by atomic mass is 19.4. The molecular formula is C14H15F3N4. The molecule has 0 saturated carbocycles. The number of hydrogen-bond acceptors (Lipinski definition) is 2. The minimum absolute atomic E-state index is 0.142. The molecule has 1 aliphatic rings. The van der Waals surface area contributed by atoms with Crippen molar-refractivity contribution < 1.29 is 13.2 Å². The predicted octanol–water partition coefficient (Wildman–Crippen LogP) is 3.78. The van der Waals surface area contributed by atoms with E-state index < -0.39 is 11.7 Å². The zero-order valence-corrected chi connectivity index (χ0v) is 11.6. The van der Waals surface area contributed by atoms with Gasteiger partial charge in [0.25, 0.3) is 0 Å². The van der Waals surface area contributed by atoms with Crippen LogP contribution in [0.25, 0.3) is 11.6 Å². The van der Waals surface area contributed by atoms with Crippen LogP contribution in [0.15, 0.2) is 18.5 Å². The molecule has 0 unspecified atom stereocenters. The second-order valence-electron chi connectivity index (χ2n) is 5.29. The summed E-state index contributed by atoms with van der Waals surface area (Å²) in [4.78, 5) is 2.63. The average Bonchev–Trinajstić information content (AvgIpc) is 3.04. The zero-order valence-electron chi connectivity index (χ0n) is 11.6. The molecule has 112 valence electrons. The summed E-state index contributed by atoms with van der Waals surface area (Å²) < 4.78 is 40.6. The molecule has 0 bridgehead atoms. The molecule has 0 aromatic carbocycles. The van der Waals surface area contributed by atoms with Crippen molar-refractivity contribution in [3.8, 4) is 0 Å². The minimum Gasteiger partial charge on any atom is -0.367 e. The van der Waals surface area contributed by atoms with Gasteiger partial charge in [-0.2, -0.15) is 18.3 Å². The highest BCUT2D eigenvalue weighted by molar-refractivity contribution is 5.89. The molecule has 1 aliphatic heterocycles. The van der Waals surface area contributed by atoms with Gasteiger partial charge in [-0.15, -0.1) is 0 Å². The Morgan fingerprint density at radius 1 is 1.33 bits per heavy atom. The highest BCUT2D eigenvalue weighted by Crippen LogP contribution is 2.38. The summed E-state index contributed by atoms with van der Waals surface area (Å²) in [6, 6.07) is 2.03. The van der Waals surface area contributed by atoms with Crippen LogP contribution in [-0.4, -0.2) is 21.3 Å². The molecule has 3 rings (SSSR count). The third kappa shape index (κ3) is 2.43. The van der Waals surface area contributed by atoms with Gasteiger partial charge in [0.15, 0.2) is 0 Å². The van der Waals surface area contributed by atoms with Crippen molar-refractivity contribution in [3.05, 3.63) is 35.3 Å². The van der Waals surface area contributed by atoms with E-state index in [9.17, 15) is 13.2 Å². The molecular weight excluding hydrogens is 281 g/mol. The number of nitrogens with one attached hydrogen (secondary N) is 2. The lowest BCUT2D eigenvalue weighted by Gasteiger charge is -2.16. The van der Waals surface area contributed by atoms with Gasteiger partial charge in [-0.05, 0) is 31.6 Å². The molecule has 2 N–H and O–H groups in total. The largest absolute Gasteiger partial charge is 0.418 e. The maximum absolute atomic E-state index is 13.0. The lowest BCUT2D eigenvalue weighted by Crippen LogP contribution is -2.13. The summed E-state index contributed by atoms with van der Waals surface area (Å²) in [6.45, 7) is 4.44. The Bertz CT molecular complexity index is 691. The molecule has 2 aromatic heterocycles. The van der Waals surface area contributed by atoms with Crippen molar-refractivity contribution in [1.82, 2.24) is 14.8 Å². The quantitative estimate of drug-likeness (QED) is 0.886. The van der Waals surface area contributed by atoms with Gasteiger partial charge >= 0.3 is 6.18 Å². The van der Waals surface area contributed by atoms with E-state index in [1.807, 2.05) is 26.1 Å².